The number of nitrogens with zero attached hydrogens (tertiary/aromatic N) is 5. The Labute approximate surface area is 287 Å². The van der Waals surface area contributed by atoms with Gasteiger partial charge in [0.05, 0.1) is 30.2 Å². The van der Waals surface area contributed by atoms with Gasteiger partial charge in [-0.1, -0.05) is 54.0 Å². The molecule has 5 aromatic rings. The van der Waals surface area contributed by atoms with E-state index in [0.717, 1.165) is 21.2 Å². The molecule has 2 amide bonds. The summed E-state index contributed by atoms with van der Waals surface area (Å²) in [5, 5.41) is 11.3. The lowest BCUT2D eigenvalue weighted by Crippen LogP contribution is -2.47. The van der Waals surface area contributed by atoms with E-state index in [1.807, 2.05) is 62.4 Å². The van der Waals surface area contributed by atoms with Crippen LogP contribution in [0.5, 0.6) is 5.75 Å². The van der Waals surface area contributed by atoms with E-state index in [-0.39, 0.29) is 43.0 Å². The molecule has 0 fully saturated rings. The number of hydrogen-bond donors (Lipinski definition) is 1. The Hall–Kier alpha value is -5.03. The Morgan fingerprint density at radius 2 is 1.81 bits per heavy atom. The van der Waals surface area contributed by atoms with Crippen molar-refractivity contribution in [1.82, 2.24) is 29.5 Å². The number of imidazole rings is 1. The van der Waals surface area contributed by atoms with Crippen molar-refractivity contribution in [1.29, 1.82) is 0 Å². The molecule has 2 aromatic heterocycles. The van der Waals surface area contributed by atoms with Crippen LogP contribution in [-0.2, 0) is 19.6 Å². The largest absolute Gasteiger partial charge is 0.493 e. The SMILES string of the molecule is Cc1cc(C(=O)N2Cc3c(C(=O)NCc4ccccc4-c4cccnn4)n(-c4ccc(OCC(C)C)cc4)c(=O)n3CC2C)ccc1Br. The molecule has 3 aromatic carbocycles. The average Bonchev–Trinajstić information content (AvgIpc) is 3.38. The molecule has 0 saturated heterocycles. The maximum absolute atomic E-state index is 14.3. The van der Waals surface area contributed by atoms with E-state index in [0.29, 0.717) is 40.9 Å². The number of fused-ring (bicyclic) bond motifs is 1. The fraction of sp³-hybridized carbons (Fsp3) is 0.270. The lowest BCUT2D eigenvalue weighted by molar-refractivity contribution is 0.0610. The number of rotatable bonds is 9. The first-order valence-corrected chi connectivity index (χ1v) is 16.7. The number of nitrogens with one attached hydrogen (secondary N) is 1. The molecule has 0 aliphatic carbocycles. The predicted molar refractivity (Wildman–Crippen MR) is 187 cm³/mol. The lowest BCUT2D eigenvalue weighted by Gasteiger charge is -2.34. The summed E-state index contributed by atoms with van der Waals surface area (Å²) in [4.78, 5) is 43.9. The Balaban J connectivity index is 1.38. The molecule has 48 heavy (non-hydrogen) atoms. The highest BCUT2D eigenvalue weighted by Crippen LogP contribution is 2.27. The smallest absolute Gasteiger partial charge is 0.333 e. The lowest BCUT2D eigenvalue weighted by atomic mass is 10.0. The first kappa shape index (κ1) is 32.9. The van der Waals surface area contributed by atoms with E-state index < -0.39 is 5.91 Å². The minimum Gasteiger partial charge on any atom is -0.493 e. The van der Waals surface area contributed by atoms with E-state index in [9.17, 15) is 14.4 Å². The van der Waals surface area contributed by atoms with Crippen LogP contribution in [-0.4, -0.2) is 48.7 Å². The highest BCUT2D eigenvalue weighted by molar-refractivity contribution is 9.10. The zero-order valence-electron chi connectivity index (χ0n) is 27.3. The molecule has 3 heterocycles. The van der Waals surface area contributed by atoms with Crippen LogP contribution in [0.3, 0.4) is 0 Å². The van der Waals surface area contributed by atoms with Crippen molar-refractivity contribution in [3.05, 3.63) is 128 Å². The molecule has 0 spiro atoms. The summed E-state index contributed by atoms with van der Waals surface area (Å²) in [5.74, 6) is 0.428. The van der Waals surface area contributed by atoms with Gasteiger partial charge < -0.3 is 15.0 Å². The number of carbonyl (C=O) groups is 2. The topological polar surface area (TPSA) is 111 Å². The third kappa shape index (κ3) is 6.68. The van der Waals surface area contributed by atoms with Crippen LogP contribution in [0.25, 0.3) is 16.9 Å². The third-order valence-electron chi connectivity index (χ3n) is 8.41. The van der Waals surface area contributed by atoms with Crippen molar-refractivity contribution in [3.63, 3.8) is 0 Å². The first-order valence-electron chi connectivity index (χ1n) is 15.9. The van der Waals surface area contributed by atoms with Crippen LogP contribution < -0.4 is 15.7 Å². The van der Waals surface area contributed by atoms with Crippen molar-refractivity contribution in [2.24, 2.45) is 5.92 Å². The molecule has 1 aliphatic rings. The standard InChI is InChI=1S/C37H37BrN6O4/c1-23(2)22-48-29-14-12-28(13-15-29)44-34(35(45)39-19-27-8-5-6-9-30(27)32-10-7-17-40-41-32)33-21-42(25(4)20-43(33)37(44)47)36(46)26-11-16-31(38)24(3)18-26/h5-18,23,25H,19-22H2,1-4H3,(H,39,45). The number of aryl methyl sites for hydroxylation is 1. The summed E-state index contributed by atoms with van der Waals surface area (Å²) in [6.07, 6.45) is 1.61. The van der Waals surface area contributed by atoms with E-state index in [2.05, 4.69) is 45.3 Å². The van der Waals surface area contributed by atoms with Crippen molar-refractivity contribution >= 4 is 27.7 Å². The van der Waals surface area contributed by atoms with Crippen LogP contribution in [0.15, 0.2) is 94.3 Å². The Morgan fingerprint density at radius 1 is 1.04 bits per heavy atom. The number of ether oxygens (including phenoxy) is 1. The second kappa shape index (κ2) is 14.0. The van der Waals surface area contributed by atoms with Gasteiger partial charge in [-0.2, -0.15) is 10.2 Å². The number of halogens is 1. The Bertz CT molecular complexity index is 2020. The van der Waals surface area contributed by atoms with Gasteiger partial charge in [-0.05, 0) is 85.5 Å². The van der Waals surface area contributed by atoms with Gasteiger partial charge >= 0.3 is 5.69 Å². The summed E-state index contributed by atoms with van der Waals surface area (Å²) < 4.78 is 9.84. The molecule has 11 heteroatoms. The molecule has 6 rings (SSSR count). The van der Waals surface area contributed by atoms with Gasteiger partial charge in [0, 0.05) is 40.9 Å². The molecular weight excluding hydrogens is 672 g/mol. The number of carbonyl (C=O) groups excluding carboxylic acids is 2. The zero-order chi connectivity index (χ0) is 33.9. The normalized spacial score (nSPS) is 14.1. The minimum absolute atomic E-state index is 0.0892. The second-order valence-corrected chi connectivity index (χ2v) is 13.3. The third-order valence-corrected chi connectivity index (χ3v) is 9.30. The Morgan fingerprint density at radius 3 is 2.52 bits per heavy atom. The predicted octanol–water partition coefficient (Wildman–Crippen LogP) is 6.18. The molecule has 1 N–H and O–H groups in total. The quantitative estimate of drug-likeness (QED) is 0.196. The average molecular weight is 710 g/mol. The molecule has 1 aliphatic heterocycles. The van der Waals surface area contributed by atoms with Crippen LogP contribution in [0.1, 0.15) is 58.4 Å². The van der Waals surface area contributed by atoms with Gasteiger partial charge in [0.2, 0.25) is 0 Å². The van der Waals surface area contributed by atoms with Crippen molar-refractivity contribution in [3.8, 4) is 22.7 Å². The maximum atomic E-state index is 14.3. The van der Waals surface area contributed by atoms with E-state index in [4.69, 9.17) is 4.74 Å². The monoisotopic (exact) mass is 708 g/mol. The summed E-state index contributed by atoms with van der Waals surface area (Å²) >= 11 is 3.51. The van der Waals surface area contributed by atoms with Crippen LogP contribution in [0, 0.1) is 12.8 Å². The second-order valence-electron chi connectivity index (χ2n) is 12.4. The molecule has 1 atom stereocenters. The van der Waals surface area contributed by atoms with Gasteiger partial charge in [0.1, 0.15) is 11.4 Å². The minimum atomic E-state index is -0.434. The van der Waals surface area contributed by atoms with Crippen molar-refractivity contribution in [2.75, 3.05) is 6.61 Å². The van der Waals surface area contributed by atoms with Crippen LogP contribution in [0.2, 0.25) is 0 Å². The van der Waals surface area contributed by atoms with Crippen molar-refractivity contribution < 1.29 is 14.3 Å². The zero-order valence-corrected chi connectivity index (χ0v) is 28.9. The van der Waals surface area contributed by atoms with E-state index >= 15 is 0 Å². The number of hydrogen-bond acceptors (Lipinski definition) is 6. The van der Waals surface area contributed by atoms with Crippen molar-refractivity contribution in [2.45, 2.75) is 53.4 Å². The van der Waals surface area contributed by atoms with Crippen LogP contribution >= 0.6 is 15.9 Å². The summed E-state index contributed by atoms with van der Waals surface area (Å²) in [6, 6.07) is 23.7. The van der Waals surface area contributed by atoms with Gasteiger partial charge in [-0.3, -0.25) is 18.7 Å². The van der Waals surface area contributed by atoms with Gasteiger partial charge in [-0.15, -0.1) is 0 Å². The molecule has 246 valence electrons. The fourth-order valence-corrected chi connectivity index (χ4v) is 6.13. The van der Waals surface area contributed by atoms with Gasteiger partial charge in [-0.25, -0.2) is 4.79 Å². The molecule has 0 radical (unpaired) electrons. The number of aromatic nitrogens is 4. The molecule has 0 saturated carbocycles. The molecule has 0 bridgehead atoms. The van der Waals surface area contributed by atoms with Crippen LogP contribution in [0.4, 0.5) is 0 Å². The van der Waals surface area contributed by atoms with Gasteiger partial charge in [0.15, 0.2) is 0 Å². The van der Waals surface area contributed by atoms with E-state index in [1.165, 1.54) is 4.57 Å². The highest BCUT2D eigenvalue weighted by atomic mass is 79.9. The molecule has 1 unspecified atom stereocenters. The fourth-order valence-electron chi connectivity index (χ4n) is 5.89. The first-order chi connectivity index (χ1) is 23.1. The molecule has 10 nitrogen and oxygen atoms in total. The number of benzene rings is 3. The number of amides is 2. The summed E-state index contributed by atoms with van der Waals surface area (Å²) in [7, 11) is 0. The molecular formula is C37H37BrN6O4. The summed E-state index contributed by atoms with van der Waals surface area (Å²) in [6.45, 7) is 9.07. The van der Waals surface area contributed by atoms with Gasteiger partial charge in [0.25, 0.3) is 11.8 Å². The maximum Gasteiger partial charge on any atom is 0.333 e. The highest BCUT2D eigenvalue weighted by Gasteiger charge is 2.35. The summed E-state index contributed by atoms with van der Waals surface area (Å²) in [5.41, 5.74) is 4.70. The van der Waals surface area contributed by atoms with E-state index in [1.54, 1.807) is 46.0 Å². The Kier molecular flexibility index (Phi) is 9.58.